The Morgan fingerprint density at radius 3 is 2.89 bits per heavy atom. The van der Waals surface area contributed by atoms with Crippen molar-refractivity contribution in [2.24, 2.45) is 0 Å². The maximum Gasteiger partial charge on any atom is 0.283 e. The normalized spacial score (nSPS) is 20.6. The minimum Gasteiger partial charge on any atom is -0.375 e. The summed E-state index contributed by atoms with van der Waals surface area (Å²) in [6.07, 6.45) is 3.91. The standard InChI is InChI=1S/C11H14BrN3O3S/c1-2-4-15-11(16)10(12)9(6-13-15)14-8-3-5-19(17,18)7-8/h3,5-6,8,14H,2,4,7H2,1H3. The lowest BCUT2D eigenvalue weighted by molar-refractivity contribution is 0.565. The largest absolute Gasteiger partial charge is 0.375 e. The summed E-state index contributed by atoms with van der Waals surface area (Å²) in [6, 6.07) is -0.329. The SMILES string of the molecule is CCCn1ncc(NC2C=CS(=O)(=O)C2)c(Br)c1=O. The number of nitrogens with one attached hydrogen (secondary N) is 1. The van der Waals surface area contributed by atoms with Crippen LogP contribution >= 0.6 is 15.9 Å². The van der Waals surface area contributed by atoms with Crippen molar-refractivity contribution < 1.29 is 8.42 Å². The first-order valence-electron chi connectivity index (χ1n) is 5.86. The van der Waals surface area contributed by atoms with Crippen LogP contribution in [0.3, 0.4) is 0 Å². The molecule has 0 saturated heterocycles. The third-order valence-electron chi connectivity index (χ3n) is 2.69. The molecule has 0 amide bonds. The van der Waals surface area contributed by atoms with Crippen LogP contribution in [0.25, 0.3) is 0 Å². The van der Waals surface area contributed by atoms with Gasteiger partial charge in [0.15, 0.2) is 9.84 Å². The molecule has 0 spiro atoms. The molecule has 0 saturated carbocycles. The zero-order valence-corrected chi connectivity index (χ0v) is 12.7. The van der Waals surface area contributed by atoms with Gasteiger partial charge in [0.25, 0.3) is 5.56 Å². The average molecular weight is 348 g/mol. The second-order valence-corrected chi connectivity index (χ2v) is 7.03. The van der Waals surface area contributed by atoms with Crippen molar-refractivity contribution in [1.29, 1.82) is 0 Å². The van der Waals surface area contributed by atoms with E-state index in [1.807, 2.05) is 6.92 Å². The molecule has 1 N–H and O–H groups in total. The van der Waals surface area contributed by atoms with Gasteiger partial charge >= 0.3 is 0 Å². The summed E-state index contributed by atoms with van der Waals surface area (Å²) in [5, 5.41) is 8.22. The van der Waals surface area contributed by atoms with Crippen LogP contribution in [0.2, 0.25) is 0 Å². The zero-order chi connectivity index (χ0) is 14.0. The smallest absolute Gasteiger partial charge is 0.283 e. The lowest BCUT2D eigenvalue weighted by Crippen LogP contribution is -2.27. The highest BCUT2D eigenvalue weighted by molar-refractivity contribution is 9.10. The number of aromatic nitrogens is 2. The highest BCUT2D eigenvalue weighted by Gasteiger charge is 2.22. The first-order valence-corrected chi connectivity index (χ1v) is 8.37. The van der Waals surface area contributed by atoms with E-state index >= 15 is 0 Å². The van der Waals surface area contributed by atoms with Gasteiger partial charge < -0.3 is 5.32 Å². The van der Waals surface area contributed by atoms with Crippen LogP contribution in [0.5, 0.6) is 0 Å². The minimum absolute atomic E-state index is 0.00250. The third-order valence-corrected chi connectivity index (χ3v) is 4.85. The van der Waals surface area contributed by atoms with Gasteiger partial charge in [-0.1, -0.05) is 13.0 Å². The van der Waals surface area contributed by atoms with E-state index in [4.69, 9.17) is 0 Å². The van der Waals surface area contributed by atoms with Crippen LogP contribution < -0.4 is 10.9 Å². The molecule has 19 heavy (non-hydrogen) atoms. The van der Waals surface area contributed by atoms with Gasteiger partial charge in [-0.05, 0) is 22.4 Å². The van der Waals surface area contributed by atoms with Crippen molar-refractivity contribution in [1.82, 2.24) is 9.78 Å². The van der Waals surface area contributed by atoms with Crippen molar-refractivity contribution in [2.75, 3.05) is 11.1 Å². The van der Waals surface area contributed by atoms with Gasteiger partial charge in [0, 0.05) is 12.0 Å². The highest BCUT2D eigenvalue weighted by Crippen LogP contribution is 2.20. The fourth-order valence-electron chi connectivity index (χ4n) is 1.80. The number of hydrogen-bond acceptors (Lipinski definition) is 5. The molecular weight excluding hydrogens is 334 g/mol. The lowest BCUT2D eigenvalue weighted by Gasteiger charge is -2.13. The summed E-state index contributed by atoms with van der Waals surface area (Å²) >= 11 is 3.23. The Kier molecular flexibility index (Phi) is 4.10. The number of sulfone groups is 1. The first-order chi connectivity index (χ1) is 8.93. The van der Waals surface area contributed by atoms with Gasteiger partial charge in [0.05, 0.1) is 23.7 Å². The minimum atomic E-state index is -3.12. The monoisotopic (exact) mass is 347 g/mol. The molecular formula is C11H14BrN3O3S. The Hall–Kier alpha value is -1.15. The molecule has 1 atom stereocenters. The second kappa shape index (κ2) is 5.46. The number of rotatable bonds is 4. The van der Waals surface area contributed by atoms with Crippen LogP contribution in [-0.2, 0) is 16.4 Å². The van der Waals surface area contributed by atoms with E-state index in [2.05, 4.69) is 26.3 Å². The van der Waals surface area contributed by atoms with Crippen LogP contribution in [0.4, 0.5) is 5.69 Å². The predicted octanol–water partition coefficient (Wildman–Crippen LogP) is 1.14. The molecule has 1 aromatic rings. The molecule has 1 unspecified atom stereocenters. The summed E-state index contributed by atoms with van der Waals surface area (Å²) in [4.78, 5) is 12.0. The summed E-state index contributed by atoms with van der Waals surface area (Å²) in [5.41, 5.74) is 0.279. The Balaban J connectivity index is 2.21. The van der Waals surface area contributed by atoms with Crippen molar-refractivity contribution in [3.8, 4) is 0 Å². The molecule has 6 nitrogen and oxygen atoms in total. The van der Waals surface area contributed by atoms with Crippen LogP contribution in [0.1, 0.15) is 13.3 Å². The Labute approximate surface area is 119 Å². The third kappa shape index (κ3) is 3.24. The highest BCUT2D eigenvalue weighted by atomic mass is 79.9. The van der Waals surface area contributed by atoms with Gasteiger partial charge in [-0.25, -0.2) is 13.1 Å². The average Bonchev–Trinajstić information content (AvgIpc) is 2.69. The zero-order valence-electron chi connectivity index (χ0n) is 10.3. The lowest BCUT2D eigenvalue weighted by atomic mass is 10.3. The second-order valence-electron chi connectivity index (χ2n) is 4.31. The fraction of sp³-hybridized carbons (Fsp3) is 0.455. The van der Waals surface area contributed by atoms with Gasteiger partial charge in [-0.15, -0.1) is 0 Å². The number of aryl methyl sites for hydroxylation is 1. The molecule has 1 aliphatic heterocycles. The summed E-state index contributed by atoms with van der Waals surface area (Å²) in [7, 11) is -3.12. The van der Waals surface area contributed by atoms with Crippen LogP contribution in [0.15, 0.2) is 26.9 Å². The molecule has 0 aliphatic carbocycles. The molecule has 8 heteroatoms. The van der Waals surface area contributed by atoms with Gasteiger partial charge in [-0.3, -0.25) is 4.79 Å². The topological polar surface area (TPSA) is 81.1 Å². The first kappa shape index (κ1) is 14.3. The predicted molar refractivity (Wildman–Crippen MR) is 76.8 cm³/mol. The summed E-state index contributed by atoms with van der Waals surface area (Å²) in [5.74, 6) is -0.00250. The molecule has 0 fully saturated rings. The summed E-state index contributed by atoms with van der Waals surface area (Å²) < 4.78 is 24.3. The van der Waals surface area contributed by atoms with E-state index < -0.39 is 9.84 Å². The fourth-order valence-corrected chi connectivity index (χ4v) is 3.46. The Bertz CT molecular complexity index is 666. The van der Waals surface area contributed by atoms with E-state index in [-0.39, 0.29) is 17.4 Å². The van der Waals surface area contributed by atoms with E-state index in [1.54, 1.807) is 6.08 Å². The maximum absolute atomic E-state index is 12.0. The molecule has 2 rings (SSSR count). The van der Waals surface area contributed by atoms with Crippen LogP contribution in [-0.4, -0.2) is 30.0 Å². The van der Waals surface area contributed by atoms with Crippen LogP contribution in [0, 0.1) is 0 Å². The number of anilines is 1. The van der Waals surface area contributed by atoms with Gasteiger partial charge in [-0.2, -0.15) is 5.10 Å². The van der Waals surface area contributed by atoms with Gasteiger partial charge in [0.2, 0.25) is 0 Å². The molecule has 1 aliphatic rings. The molecule has 2 heterocycles. The molecule has 0 aromatic carbocycles. The van der Waals surface area contributed by atoms with Crippen molar-refractivity contribution in [3.05, 3.63) is 32.5 Å². The van der Waals surface area contributed by atoms with E-state index in [0.29, 0.717) is 16.7 Å². The Morgan fingerprint density at radius 2 is 2.32 bits per heavy atom. The Morgan fingerprint density at radius 1 is 1.58 bits per heavy atom. The number of halogens is 1. The van der Waals surface area contributed by atoms with E-state index in [0.717, 1.165) is 6.42 Å². The number of nitrogens with zero attached hydrogens (tertiary/aromatic N) is 2. The number of hydrogen-bond donors (Lipinski definition) is 1. The molecule has 1 aromatic heterocycles. The molecule has 0 bridgehead atoms. The van der Waals surface area contributed by atoms with Crippen molar-refractivity contribution in [3.63, 3.8) is 0 Å². The van der Waals surface area contributed by atoms with E-state index in [9.17, 15) is 13.2 Å². The molecule has 104 valence electrons. The maximum atomic E-state index is 12.0. The van der Waals surface area contributed by atoms with Gasteiger partial charge in [0.1, 0.15) is 4.47 Å². The summed E-state index contributed by atoms with van der Waals surface area (Å²) in [6.45, 7) is 2.51. The van der Waals surface area contributed by atoms with Crippen molar-refractivity contribution in [2.45, 2.75) is 25.9 Å². The quantitative estimate of drug-likeness (QED) is 0.883. The van der Waals surface area contributed by atoms with Crippen molar-refractivity contribution >= 4 is 31.5 Å². The molecule has 0 radical (unpaired) electrons. The van der Waals surface area contributed by atoms with E-state index in [1.165, 1.54) is 16.3 Å².